The molecule has 1 aromatic rings. The first kappa shape index (κ1) is 12.5. The van der Waals surface area contributed by atoms with E-state index in [1.807, 2.05) is 6.92 Å². The maximum absolute atomic E-state index is 5.26. The van der Waals surface area contributed by atoms with E-state index in [9.17, 15) is 0 Å². The second-order valence-electron chi connectivity index (χ2n) is 3.75. The van der Waals surface area contributed by atoms with Gasteiger partial charge in [-0.1, -0.05) is 25.2 Å². The second-order valence-corrected chi connectivity index (χ2v) is 4.90. The Balaban J connectivity index is 2.26. The zero-order valence-electron chi connectivity index (χ0n) is 9.62. The Morgan fingerprint density at radius 3 is 2.73 bits per heavy atom. The van der Waals surface area contributed by atoms with Crippen molar-refractivity contribution in [1.29, 1.82) is 0 Å². The van der Waals surface area contributed by atoms with Crippen molar-refractivity contribution in [3.63, 3.8) is 0 Å². The summed E-state index contributed by atoms with van der Waals surface area (Å²) in [6.07, 6.45) is 0. The molecule has 0 bridgehead atoms. The molecule has 0 radical (unpaired) electrons. The molecule has 1 rings (SSSR count). The molecule has 0 aliphatic heterocycles. The molecule has 0 aliphatic carbocycles. The van der Waals surface area contributed by atoms with Gasteiger partial charge < -0.3 is 10.1 Å². The Kier molecular flexibility index (Phi) is 5.75. The van der Waals surface area contributed by atoms with Crippen molar-refractivity contribution in [3.8, 4) is 0 Å². The summed E-state index contributed by atoms with van der Waals surface area (Å²) in [5, 5.41) is 13.5. The fourth-order valence-electron chi connectivity index (χ4n) is 1.08. The molecular formula is C10H19N3OS. The van der Waals surface area contributed by atoms with Crippen LogP contribution >= 0.6 is 11.3 Å². The highest BCUT2D eigenvalue weighted by molar-refractivity contribution is 7.11. The van der Waals surface area contributed by atoms with Gasteiger partial charge in [-0.15, -0.1) is 10.2 Å². The number of hydrogen-bond donors (Lipinski definition) is 1. The molecule has 0 spiro atoms. The summed E-state index contributed by atoms with van der Waals surface area (Å²) in [7, 11) is 0. The van der Waals surface area contributed by atoms with Gasteiger partial charge in [-0.05, 0) is 19.4 Å². The van der Waals surface area contributed by atoms with Crippen LogP contribution in [0, 0.1) is 5.92 Å². The minimum atomic E-state index is 0.582. The van der Waals surface area contributed by atoms with Crippen molar-refractivity contribution in [2.24, 2.45) is 5.92 Å². The van der Waals surface area contributed by atoms with Gasteiger partial charge in [0.2, 0.25) is 0 Å². The molecule has 0 unspecified atom stereocenters. The molecular weight excluding hydrogens is 210 g/mol. The third kappa shape index (κ3) is 5.20. The SMILES string of the molecule is CCOCc1nnc(CNCC(C)C)s1. The molecule has 1 N–H and O–H groups in total. The van der Waals surface area contributed by atoms with Crippen LogP contribution in [0.5, 0.6) is 0 Å². The summed E-state index contributed by atoms with van der Waals surface area (Å²) >= 11 is 1.61. The van der Waals surface area contributed by atoms with E-state index < -0.39 is 0 Å². The second kappa shape index (κ2) is 6.87. The summed E-state index contributed by atoms with van der Waals surface area (Å²) in [6, 6.07) is 0. The molecule has 0 saturated carbocycles. The van der Waals surface area contributed by atoms with E-state index in [-0.39, 0.29) is 0 Å². The number of ether oxygens (including phenoxy) is 1. The number of nitrogens with zero attached hydrogens (tertiary/aromatic N) is 2. The van der Waals surface area contributed by atoms with Gasteiger partial charge in [0.05, 0.1) is 0 Å². The smallest absolute Gasteiger partial charge is 0.143 e. The lowest BCUT2D eigenvalue weighted by Crippen LogP contribution is -2.18. The Bertz CT molecular complexity index is 275. The molecule has 0 aromatic carbocycles. The van der Waals surface area contributed by atoms with Crippen molar-refractivity contribution >= 4 is 11.3 Å². The molecule has 5 heteroatoms. The van der Waals surface area contributed by atoms with Crippen LogP contribution in [-0.4, -0.2) is 23.3 Å². The van der Waals surface area contributed by atoms with Gasteiger partial charge in [-0.3, -0.25) is 0 Å². The molecule has 0 aliphatic rings. The third-order valence-corrected chi connectivity index (χ3v) is 2.66. The minimum Gasteiger partial charge on any atom is -0.374 e. The van der Waals surface area contributed by atoms with E-state index in [1.54, 1.807) is 11.3 Å². The third-order valence-electron chi connectivity index (χ3n) is 1.77. The molecule has 1 heterocycles. The van der Waals surface area contributed by atoms with E-state index in [0.717, 1.165) is 29.7 Å². The molecule has 15 heavy (non-hydrogen) atoms. The fraction of sp³-hybridized carbons (Fsp3) is 0.800. The lowest BCUT2D eigenvalue weighted by atomic mass is 10.2. The number of aromatic nitrogens is 2. The molecule has 0 amide bonds. The predicted octanol–water partition coefficient (Wildman–Crippen LogP) is 1.82. The van der Waals surface area contributed by atoms with Crippen LogP contribution in [0.25, 0.3) is 0 Å². The monoisotopic (exact) mass is 229 g/mol. The molecule has 0 fully saturated rings. The Morgan fingerprint density at radius 1 is 1.33 bits per heavy atom. The average molecular weight is 229 g/mol. The van der Waals surface area contributed by atoms with Gasteiger partial charge in [-0.25, -0.2) is 0 Å². The summed E-state index contributed by atoms with van der Waals surface area (Å²) in [6.45, 7) is 9.48. The van der Waals surface area contributed by atoms with Gasteiger partial charge in [0.1, 0.15) is 16.6 Å². The summed E-state index contributed by atoms with van der Waals surface area (Å²) in [4.78, 5) is 0. The molecule has 1 aromatic heterocycles. The average Bonchev–Trinajstić information content (AvgIpc) is 2.62. The Hall–Kier alpha value is -0.520. The van der Waals surface area contributed by atoms with Gasteiger partial charge in [0, 0.05) is 13.2 Å². The lowest BCUT2D eigenvalue weighted by Gasteiger charge is -2.03. The van der Waals surface area contributed by atoms with E-state index >= 15 is 0 Å². The molecule has 4 nitrogen and oxygen atoms in total. The maximum atomic E-state index is 5.26. The predicted molar refractivity (Wildman–Crippen MR) is 61.8 cm³/mol. The van der Waals surface area contributed by atoms with Gasteiger partial charge in [-0.2, -0.15) is 0 Å². The standard InChI is InChI=1S/C10H19N3OS/c1-4-14-7-10-13-12-9(15-10)6-11-5-8(2)3/h8,11H,4-7H2,1-3H3. The largest absolute Gasteiger partial charge is 0.374 e. The molecule has 86 valence electrons. The van der Waals surface area contributed by atoms with Crippen LogP contribution in [0.15, 0.2) is 0 Å². The summed E-state index contributed by atoms with van der Waals surface area (Å²) in [5.41, 5.74) is 0. The number of nitrogens with one attached hydrogen (secondary N) is 1. The molecule has 0 saturated heterocycles. The van der Waals surface area contributed by atoms with E-state index in [2.05, 4.69) is 29.4 Å². The van der Waals surface area contributed by atoms with Gasteiger partial charge in [0.15, 0.2) is 0 Å². The lowest BCUT2D eigenvalue weighted by molar-refractivity contribution is 0.133. The minimum absolute atomic E-state index is 0.582. The van der Waals surface area contributed by atoms with Crippen LogP contribution in [-0.2, 0) is 17.9 Å². The van der Waals surface area contributed by atoms with E-state index in [1.165, 1.54) is 0 Å². The molecule has 0 atom stereocenters. The van der Waals surface area contributed by atoms with Crippen LogP contribution in [0.2, 0.25) is 0 Å². The summed E-state index contributed by atoms with van der Waals surface area (Å²) in [5.74, 6) is 0.667. The van der Waals surface area contributed by atoms with E-state index in [4.69, 9.17) is 4.74 Å². The highest BCUT2D eigenvalue weighted by Crippen LogP contribution is 2.10. The van der Waals surface area contributed by atoms with Crippen molar-refractivity contribution in [1.82, 2.24) is 15.5 Å². The number of hydrogen-bond acceptors (Lipinski definition) is 5. The maximum Gasteiger partial charge on any atom is 0.143 e. The first-order valence-corrected chi connectivity index (χ1v) is 6.13. The fourth-order valence-corrected chi connectivity index (χ4v) is 1.83. The van der Waals surface area contributed by atoms with Crippen LogP contribution in [0.1, 0.15) is 30.8 Å². The zero-order chi connectivity index (χ0) is 11.1. The first-order chi connectivity index (χ1) is 7.22. The van der Waals surface area contributed by atoms with Gasteiger partial charge >= 0.3 is 0 Å². The zero-order valence-corrected chi connectivity index (χ0v) is 10.4. The van der Waals surface area contributed by atoms with Crippen molar-refractivity contribution in [2.75, 3.05) is 13.2 Å². The van der Waals surface area contributed by atoms with Crippen molar-refractivity contribution < 1.29 is 4.74 Å². The van der Waals surface area contributed by atoms with Crippen LogP contribution < -0.4 is 5.32 Å². The quantitative estimate of drug-likeness (QED) is 0.774. The highest BCUT2D eigenvalue weighted by atomic mass is 32.1. The van der Waals surface area contributed by atoms with Crippen molar-refractivity contribution in [2.45, 2.75) is 33.9 Å². The van der Waals surface area contributed by atoms with Crippen LogP contribution in [0.4, 0.5) is 0 Å². The van der Waals surface area contributed by atoms with Crippen LogP contribution in [0.3, 0.4) is 0 Å². The van der Waals surface area contributed by atoms with Crippen molar-refractivity contribution in [3.05, 3.63) is 10.0 Å². The Labute approximate surface area is 95.1 Å². The first-order valence-electron chi connectivity index (χ1n) is 5.32. The summed E-state index contributed by atoms with van der Waals surface area (Å²) < 4.78 is 5.26. The number of rotatable bonds is 7. The highest BCUT2D eigenvalue weighted by Gasteiger charge is 2.03. The Morgan fingerprint density at radius 2 is 2.07 bits per heavy atom. The normalized spacial score (nSPS) is 11.2. The van der Waals surface area contributed by atoms with E-state index in [0.29, 0.717) is 12.5 Å². The van der Waals surface area contributed by atoms with Gasteiger partial charge in [0.25, 0.3) is 0 Å². The topological polar surface area (TPSA) is 47.0 Å².